The number of alkyl halides is 1. The van der Waals surface area contributed by atoms with Gasteiger partial charge in [-0.25, -0.2) is 4.98 Å². The van der Waals surface area contributed by atoms with Gasteiger partial charge >= 0.3 is 0 Å². The van der Waals surface area contributed by atoms with E-state index in [1.54, 1.807) is 6.33 Å². The molecule has 1 N–H and O–H groups in total. The minimum Gasteiger partial charge on any atom is -0.343 e. The second-order valence-corrected chi connectivity index (χ2v) is 5.96. The Balaban J connectivity index is 1.94. The van der Waals surface area contributed by atoms with Gasteiger partial charge in [0.2, 0.25) is 0 Å². The second kappa shape index (κ2) is 6.44. The fraction of sp³-hybridized carbons (Fsp3) is 0.412. The third kappa shape index (κ3) is 2.88. The summed E-state index contributed by atoms with van der Waals surface area (Å²) in [6, 6.07) is 8.21. The summed E-state index contributed by atoms with van der Waals surface area (Å²) in [5.41, 5.74) is 4.27. The summed E-state index contributed by atoms with van der Waals surface area (Å²) >= 11 is 5.74. The molecular weight excluding hydrogens is 282 g/mol. The summed E-state index contributed by atoms with van der Waals surface area (Å²) in [5, 5.41) is 1.12. The molecule has 0 radical (unpaired) electrons. The molecule has 1 unspecified atom stereocenters. The lowest BCUT2D eigenvalue weighted by atomic mass is 9.97. The van der Waals surface area contributed by atoms with E-state index in [0.717, 1.165) is 46.4 Å². The van der Waals surface area contributed by atoms with Crippen molar-refractivity contribution in [3.8, 4) is 0 Å². The minimum absolute atomic E-state index is 0.424. The smallest absolute Gasteiger partial charge is 0.0995 e. The SMILES string of the molecule is CC(CCCCCCl)c1nc2ccccc2c2nc[nH]c12. The lowest BCUT2D eigenvalue weighted by molar-refractivity contribution is 0.593. The Labute approximate surface area is 129 Å². The Morgan fingerprint density at radius 1 is 1.19 bits per heavy atom. The number of hydrogen-bond acceptors (Lipinski definition) is 2. The Kier molecular flexibility index (Phi) is 4.39. The number of fused-ring (bicyclic) bond motifs is 3. The lowest BCUT2D eigenvalue weighted by Crippen LogP contribution is -2.00. The molecule has 0 saturated carbocycles. The number of nitrogens with zero attached hydrogens (tertiary/aromatic N) is 2. The van der Waals surface area contributed by atoms with E-state index >= 15 is 0 Å². The quantitative estimate of drug-likeness (QED) is 0.513. The molecule has 0 spiro atoms. The molecule has 21 heavy (non-hydrogen) atoms. The number of para-hydroxylation sites is 1. The van der Waals surface area contributed by atoms with Crippen LogP contribution < -0.4 is 0 Å². The summed E-state index contributed by atoms with van der Waals surface area (Å²) in [5.74, 6) is 1.18. The zero-order chi connectivity index (χ0) is 14.7. The number of benzene rings is 1. The first-order chi connectivity index (χ1) is 10.3. The molecule has 0 aliphatic carbocycles. The Morgan fingerprint density at radius 3 is 2.90 bits per heavy atom. The van der Waals surface area contributed by atoms with E-state index in [9.17, 15) is 0 Å². The van der Waals surface area contributed by atoms with Crippen molar-refractivity contribution >= 4 is 33.5 Å². The maximum Gasteiger partial charge on any atom is 0.0995 e. The summed E-state index contributed by atoms with van der Waals surface area (Å²) in [4.78, 5) is 12.6. The maximum absolute atomic E-state index is 5.74. The van der Waals surface area contributed by atoms with Gasteiger partial charge in [0.15, 0.2) is 0 Å². The normalized spacial score (nSPS) is 13.0. The average molecular weight is 302 g/mol. The molecule has 3 nitrogen and oxygen atoms in total. The fourth-order valence-electron chi connectivity index (χ4n) is 2.87. The molecule has 2 aromatic heterocycles. The van der Waals surface area contributed by atoms with Gasteiger partial charge in [-0.3, -0.25) is 4.98 Å². The van der Waals surface area contributed by atoms with Crippen LogP contribution in [0.15, 0.2) is 30.6 Å². The molecule has 0 aliphatic rings. The zero-order valence-corrected chi connectivity index (χ0v) is 13.0. The molecular formula is C17H20ClN3. The van der Waals surface area contributed by atoms with E-state index in [1.165, 1.54) is 12.8 Å². The first kappa shape index (κ1) is 14.3. The average Bonchev–Trinajstić information content (AvgIpc) is 3.00. The molecule has 0 fully saturated rings. The Hall–Kier alpha value is -1.61. The van der Waals surface area contributed by atoms with Gasteiger partial charge in [-0.15, -0.1) is 11.6 Å². The highest BCUT2D eigenvalue weighted by molar-refractivity contribution is 6.17. The predicted molar refractivity (Wildman–Crippen MR) is 89.0 cm³/mol. The number of aromatic nitrogens is 3. The van der Waals surface area contributed by atoms with Crippen LogP contribution in [0.3, 0.4) is 0 Å². The van der Waals surface area contributed by atoms with Gasteiger partial charge < -0.3 is 4.98 Å². The minimum atomic E-state index is 0.424. The van der Waals surface area contributed by atoms with Crippen LogP contribution in [-0.4, -0.2) is 20.8 Å². The zero-order valence-electron chi connectivity index (χ0n) is 12.3. The highest BCUT2D eigenvalue weighted by atomic mass is 35.5. The van der Waals surface area contributed by atoms with Gasteiger partial charge in [-0.1, -0.05) is 38.0 Å². The van der Waals surface area contributed by atoms with Crippen molar-refractivity contribution in [2.24, 2.45) is 0 Å². The molecule has 4 heteroatoms. The molecule has 1 aromatic carbocycles. The number of rotatable bonds is 6. The molecule has 3 rings (SSSR count). The highest BCUT2D eigenvalue weighted by Crippen LogP contribution is 2.30. The van der Waals surface area contributed by atoms with Gasteiger partial charge in [-0.05, 0) is 18.9 Å². The molecule has 2 heterocycles. The number of H-pyrrole nitrogens is 1. The summed E-state index contributed by atoms with van der Waals surface area (Å²) in [7, 11) is 0. The summed E-state index contributed by atoms with van der Waals surface area (Å²) in [6.45, 7) is 2.25. The Bertz CT molecular complexity index is 735. The summed E-state index contributed by atoms with van der Waals surface area (Å²) < 4.78 is 0. The monoisotopic (exact) mass is 301 g/mol. The van der Waals surface area contributed by atoms with Crippen molar-refractivity contribution in [3.05, 3.63) is 36.3 Å². The number of imidazole rings is 1. The first-order valence-electron chi connectivity index (χ1n) is 7.59. The van der Waals surface area contributed by atoms with Crippen molar-refractivity contribution in [3.63, 3.8) is 0 Å². The van der Waals surface area contributed by atoms with Crippen LogP contribution in [0.1, 0.15) is 44.2 Å². The van der Waals surface area contributed by atoms with E-state index in [0.29, 0.717) is 5.92 Å². The second-order valence-electron chi connectivity index (χ2n) is 5.58. The van der Waals surface area contributed by atoms with Gasteiger partial charge in [0.25, 0.3) is 0 Å². The lowest BCUT2D eigenvalue weighted by Gasteiger charge is -2.13. The van der Waals surface area contributed by atoms with Crippen molar-refractivity contribution in [2.75, 3.05) is 5.88 Å². The third-order valence-electron chi connectivity index (χ3n) is 4.03. The van der Waals surface area contributed by atoms with Crippen LogP contribution in [0.5, 0.6) is 0 Å². The topological polar surface area (TPSA) is 41.6 Å². The highest BCUT2D eigenvalue weighted by Gasteiger charge is 2.15. The number of halogens is 1. The number of pyridine rings is 1. The number of hydrogen-bond donors (Lipinski definition) is 1. The van der Waals surface area contributed by atoms with E-state index < -0.39 is 0 Å². The molecule has 1 atom stereocenters. The van der Waals surface area contributed by atoms with Crippen LogP contribution >= 0.6 is 11.6 Å². The third-order valence-corrected chi connectivity index (χ3v) is 4.30. The number of aromatic amines is 1. The molecule has 0 amide bonds. The fourth-order valence-corrected chi connectivity index (χ4v) is 3.05. The van der Waals surface area contributed by atoms with Gasteiger partial charge in [-0.2, -0.15) is 0 Å². The molecule has 0 saturated heterocycles. The maximum atomic E-state index is 5.74. The van der Waals surface area contributed by atoms with Crippen LogP contribution in [0.2, 0.25) is 0 Å². The van der Waals surface area contributed by atoms with E-state index in [1.807, 2.05) is 12.1 Å². The van der Waals surface area contributed by atoms with Crippen molar-refractivity contribution in [1.29, 1.82) is 0 Å². The standard InChI is InChI=1S/C17H20ClN3/c1-12(7-3-2-6-10-18)15-17-16(19-11-20-17)13-8-4-5-9-14(13)21-15/h4-5,8-9,11-12H,2-3,6-7,10H2,1H3,(H,19,20). The van der Waals surface area contributed by atoms with Crippen molar-refractivity contribution < 1.29 is 0 Å². The largest absolute Gasteiger partial charge is 0.343 e. The predicted octanol–water partition coefficient (Wildman–Crippen LogP) is 5.01. The number of unbranched alkanes of at least 4 members (excludes halogenated alkanes) is 2. The van der Waals surface area contributed by atoms with Gasteiger partial charge in [0, 0.05) is 17.2 Å². The molecule has 0 bridgehead atoms. The van der Waals surface area contributed by atoms with Gasteiger partial charge in [0.1, 0.15) is 0 Å². The molecule has 110 valence electrons. The molecule has 3 aromatic rings. The van der Waals surface area contributed by atoms with Gasteiger partial charge in [0.05, 0.1) is 28.6 Å². The Morgan fingerprint density at radius 2 is 2.05 bits per heavy atom. The molecule has 0 aliphatic heterocycles. The van der Waals surface area contributed by atoms with Crippen molar-refractivity contribution in [2.45, 2.75) is 38.5 Å². The van der Waals surface area contributed by atoms with Crippen LogP contribution in [-0.2, 0) is 0 Å². The van der Waals surface area contributed by atoms with E-state index in [2.05, 4.69) is 29.0 Å². The van der Waals surface area contributed by atoms with Crippen LogP contribution in [0.4, 0.5) is 0 Å². The van der Waals surface area contributed by atoms with E-state index in [4.69, 9.17) is 16.6 Å². The summed E-state index contributed by atoms with van der Waals surface area (Å²) in [6.07, 6.45) is 6.38. The van der Waals surface area contributed by atoms with Crippen LogP contribution in [0.25, 0.3) is 21.9 Å². The van der Waals surface area contributed by atoms with Crippen molar-refractivity contribution in [1.82, 2.24) is 15.0 Å². The van der Waals surface area contributed by atoms with Crippen LogP contribution in [0, 0.1) is 0 Å². The first-order valence-corrected chi connectivity index (χ1v) is 8.12. The van der Waals surface area contributed by atoms with E-state index in [-0.39, 0.29) is 0 Å². The number of nitrogens with one attached hydrogen (secondary N) is 1.